The number of amides is 1. The van der Waals surface area contributed by atoms with Gasteiger partial charge < -0.3 is 5.32 Å². The van der Waals surface area contributed by atoms with E-state index in [2.05, 4.69) is 51.2 Å². The third-order valence-electron chi connectivity index (χ3n) is 7.08. The summed E-state index contributed by atoms with van der Waals surface area (Å²) in [5.41, 5.74) is 3.30. The van der Waals surface area contributed by atoms with Gasteiger partial charge in [-0.3, -0.25) is 4.79 Å². The molecule has 0 aromatic heterocycles. The van der Waals surface area contributed by atoms with Crippen LogP contribution in [0.2, 0.25) is 0 Å². The molecule has 0 spiro atoms. The lowest BCUT2D eigenvalue weighted by Gasteiger charge is -2.59. The molecule has 2 nitrogen and oxygen atoms in total. The average Bonchev–Trinajstić information content (AvgIpc) is 2.52. The van der Waals surface area contributed by atoms with E-state index in [0.29, 0.717) is 23.7 Å². The highest BCUT2D eigenvalue weighted by molar-refractivity contribution is 6.24. The molecule has 0 aliphatic heterocycles. The van der Waals surface area contributed by atoms with Crippen LogP contribution in [0, 0.1) is 17.3 Å². The number of para-hydroxylation sites is 1. The lowest BCUT2D eigenvalue weighted by Crippen LogP contribution is -2.57. The van der Waals surface area contributed by atoms with Gasteiger partial charge in [-0.15, -0.1) is 11.6 Å². The maximum absolute atomic E-state index is 13.6. The molecule has 0 radical (unpaired) electrons. The van der Waals surface area contributed by atoms with Gasteiger partial charge in [0.05, 0.1) is 5.41 Å². The summed E-state index contributed by atoms with van der Waals surface area (Å²) in [5.74, 6) is 2.29. The predicted octanol–water partition coefficient (Wildman–Crippen LogP) is 6.45. The van der Waals surface area contributed by atoms with Gasteiger partial charge in [-0.1, -0.05) is 45.9 Å². The molecule has 4 fully saturated rings. The van der Waals surface area contributed by atoms with Crippen LogP contribution in [0.5, 0.6) is 0 Å². The fourth-order valence-corrected chi connectivity index (χ4v) is 7.05. The number of rotatable bonds is 4. The van der Waals surface area contributed by atoms with Gasteiger partial charge in [0.2, 0.25) is 5.91 Å². The van der Waals surface area contributed by atoms with Crippen molar-refractivity contribution in [2.75, 3.05) is 5.32 Å². The monoisotopic (exact) mass is 373 g/mol. The van der Waals surface area contributed by atoms with Crippen molar-refractivity contribution < 1.29 is 4.79 Å². The number of carbonyl (C=O) groups excluding carboxylic acids is 1. The van der Waals surface area contributed by atoms with Crippen molar-refractivity contribution in [3.8, 4) is 0 Å². The van der Waals surface area contributed by atoms with Gasteiger partial charge in [0.1, 0.15) is 0 Å². The van der Waals surface area contributed by atoms with E-state index in [4.69, 9.17) is 11.6 Å². The molecule has 0 saturated heterocycles. The summed E-state index contributed by atoms with van der Waals surface area (Å²) < 4.78 is 0. The Morgan fingerprint density at radius 3 is 2.04 bits per heavy atom. The molecular formula is C23H32ClNO. The molecule has 4 saturated carbocycles. The molecule has 2 atom stereocenters. The number of hydrogen-bond acceptors (Lipinski definition) is 1. The molecule has 4 aliphatic rings. The summed E-state index contributed by atoms with van der Waals surface area (Å²) in [5, 5.41) is 3.42. The Hall–Kier alpha value is -1.02. The van der Waals surface area contributed by atoms with Crippen LogP contribution in [0.4, 0.5) is 5.69 Å². The topological polar surface area (TPSA) is 29.1 Å². The number of nitrogens with one attached hydrogen (secondary N) is 1. The maximum Gasteiger partial charge on any atom is 0.230 e. The molecule has 5 rings (SSSR count). The van der Waals surface area contributed by atoms with Gasteiger partial charge >= 0.3 is 0 Å². The molecule has 1 N–H and O–H groups in total. The second-order valence-corrected chi connectivity index (χ2v) is 10.8. The van der Waals surface area contributed by atoms with Crippen molar-refractivity contribution in [1.82, 2.24) is 0 Å². The number of benzene rings is 1. The Morgan fingerprint density at radius 1 is 1.04 bits per heavy atom. The SMILES string of the molecule is CC(C)c1cccc(C(C)C)c1NC(=O)C12CC3CC(CC(Cl)(C3)C1)C2. The lowest BCUT2D eigenvalue weighted by atomic mass is 9.49. The van der Waals surface area contributed by atoms with Crippen LogP contribution in [0.15, 0.2) is 18.2 Å². The first-order chi connectivity index (χ1) is 12.2. The van der Waals surface area contributed by atoms with Crippen LogP contribution in [-0.2, 0) is 4.79 Å². The molecule has 142 valence electrons. The van der Waals surface area contributed by atoms with Crippen LogP contribution < -0.4 is 5.32 Å². The van der Waals surface area contributed by atoms with Gasteiger partial charge in [-0.05, 0) is 73.3 Å². The van der Waals surface area contributed by atoms with Crippen LogP contribution in [0.1, 0.15) is 89.2 Å². The number of halogens is 1. The van der Waals surface area contributed by atoms with Crippen molar-refractivity contribution >= 4 is 23.2 Å². The van der Waals surface area contributed by atoms with E-state index < -0.39 is 0 Å². The quantitative estimate of drug-likeness (QED) is 0.603. The molecular weight excluding hydrogens is 342 g/mol. The second-order valence-electron chi connectivity index (χ2n) is 9.97. The molecule has 1 amide bonds. The molecule has 1 aromatic rings. The Labute approximate surface area is 163 Å². The van der Waals surface area contributed by atoms with E-state index in [0.717, 1.165) is 37.8 Å². The van der Waals surface area contributed by atoms with E-state index in [9.17, 15) is 4.79 Å². The van der Waals surface area contributed by atoms with Crippen LogP contribution in [-0.4, -0.2) is 10.8 Å². The first-order valence-electron chi connectivity index (χ1n) is 10.3. The summed E-state index contributed by atoms with van der Waals surface area (Å²) in [4.78, 5) is 13.5. The largest absolute Gasteiger partial charge is 0.325 e. The van der Waals surface area contributed by atoms with E-state index in [1.54, 1.807) is 0 Å². The van der Waals surface area contributed by atoms with Crippen molar-refractivity contribution in [2.24, 2.45) is 17.3 Å². The second kappa shape index (κ2) is 6.26. The number of carbonyl (C=O) groups is 1. The van der Waals surface area contributed by atoms with Crippen LogP contribution in [0.25, 0.3) is 0 Å². The van der Waals surface area contributed by atoms with E-state index >= 15 is 0 Å². The standard InChI is InChI=1S/C23H32ClNO/c1-14(2)18-6-5-7-19(15(3)4)20(18)25-21(26)22-9-16-8-17(10-22)12-23(24,11-16)13-22/h5-7,14-17H,8-13H2,1-4H3,(H,25,26). The first kappa shape index (κ1) is 18.3. The Balaban J connectivity index is 1.67. The number of hydrogen-bond donors (Lipinski definition) is 1. The summed E-state index contributed by atoms with van der Waals surface area (Å²) in [7, 11) is 0. The van der Waals surface area contributed by atoms with Gasteiger partial charge in [-0.2, -0.15) is 0 Å². The Morgan fingerprint density at radius 2 is 1.58 bits per heavy atom. The van der Waals surface area contributed by atoms with E-state index in [-0.39, 0.29) is 16.2 Å². The highest BCUT2D eigenvalue weighted by Crippen LogP contribution is 2.64. The summed E-state index contributed by atoms with van der Waals surface area (Å²) in [6, 6.07) is 6.45. The van der Waals surface area contributed by atoms with Crippen molar-refractivity contribution in [1.29, 1.82) is 0 Å². The zero-order valence-electron chi connectivity index (χ0n) is 16.6. The number of alkyl halides is 1. The summed E-state index contributed by atoms with van der Waals surface area (Å²) in [6.07, 6.45) is 6.43. The average molecular weight is 374 g/mol. The summed E-state index contributed by atoms with van der Waals surface area (Å²) in [6.45, 7) is 8.81. The van der Waals surface area contributed by atoms with Gasteiger partial charge in [-0.25, -0.2) is 0 Å². The highest BCUT2D eigenvalue weighted by atomic mass is 35.5. The Kier molecular flexibility index (Phi) is 4.42. The third kappa shape index (κ3) is 2.99. The van der Waals surface area contributed by atoms with Gasteiger partial charge in [0.25, 0.3) is 0 Å². The van der Waals surface area contributed by atoms with E-state index in [1.807, 2.05) is 0 Å². The number of anilines is 1. The molecule has 26 heavy (non-hydrogen) atoms. The minimum absolute atomic E-state index is 0.125. The normalized spacial score (nSPS) is 35.3. The van der Waals surface area contributed by atoms with Gasteiger partial charge in [0, 0.05) is 10.6 Å². The fourth-order valence-electron chi connectivity index (χ4n) is 6.36. The maximum atomic E-state index is 13.6. The van der Waals surface area contributed by atoms with Crippen LogP contribution >= 0.6 is 11.6 Å². The summed E-state index contributed by atoms with van der Waals surface area (Å²) >= 11 is 6.95. The molecule has 0 heterocycles. The molecule has 4 bridgehead atoms. The minimum Gasteiger partial charge on any atom is -0.325 e. The highest BCUT2D eigenvalue weighted by Gasteiger charge is 2.60. The fraction of sp³-hybridized carbons (Fsp3) is 0.696. The van der Waals surface area contributed by atoms with Crippen molar-refractivity contribution in [3.05, 3.63) is 29.3 Å². The smallest absolute Gasteiger partial charge is 0.230 e. The molecule has 2 unspecified atom stereocenters. The zero-order chi connectivity index (χ0) is 18.7. The minimum atomic E-state index is -0.246. The first-order valence-corrected chi connectivity index (χ1v) is 10.7. The molecule has 4 aliphatic carbocycles. The third-order valence-corrected chi connectivity index (χ3v) is 7.53. The van der Waals surface area contributed by atoms with Gasteiger partial charge in [0.15, 0.2) is 0 Å². The Bertz CT molecular complexity index is 683. The van der Waals surface area contributed by atoms with E-state index in [1.165, 1.54) is 17.5 Å². The molecule has 1 aromatic carbocycles. The van der Waals surface area contributed by atoms with Crippen LogP contribution in [0.3, 0.4) is 0 Å². The van der Waals surface area contributed by atoms with Crippen molar-refractivity contribution in [2.45, 2.75) is 82.9 Å². The predicted molar refractivity (Wildman–Crippen MR) is 109 cm³/mol. The van der Waals surface area contributed by atoms with Crippen molar-refractivity contribution in [3.63, 3.8) is 0 Å². The zero-order valence-corrected chi connectivity index (χ0v) is 17.3. The lowest BCUT2D eigenvalue weighted by molar-refractivity contribution is -0.138. The molecule has 3 heteroatoms.